The zero-order valence-corrected chi connectivity index (χ0v) is 16.9. The summed E-state index contributed by atoms with van der Waals surface area (Å²) < 4.78 is 36.0. The highest BCUT2D eigenvalue weighted by Crippen LogP contribution is 2.45. The zero-order valence-electron chi connectivity index (χ0n) is 16.9. The van der Waals surface area contributed by atoms with Crippen LogP contribution in [0.1, 0.15) is 36.3 Å². The van der Waals surface area contributed by atoms with Crippen LogP contribution in [0.5, 0.6) is 5.75 Å². The van der Waals surface area contributed by atoms with Gasteiger partial charge >= 0.3 is 0 Å². The van der Waals surface area contributed by atoms with E-state index in [4.69, 9.17) is 10.5 Å². The fraction of sp³-hybridized carbons (Fsp3) is 0.240. The molecule has 2 aliphatic rings. The second kappa shape index (κ2) is 7.59. The lowest BCUT2D eigenvalue weighted by Crippen LogP contribution is -2.31. The van der Waals surface area contributed by atoms with Crippen molar-refractivity contribution in [2.75, 3.05) is 18.0 Å². The highest BCUT2D eigenvalue weighted by atomic mass is 19.1. The standard InChI is InChI=1S/C25H21F2N3O/c26-20-11-17(12-21(27)24(20)30-8-4-1-5-9-30)23-18-10-15-6-2-3-7-16(15)13-22(18)31-25(29)19(23)14-28/h2-3,6-7,10-13,23H,1,4-5,8-9,29H2. The van der Waals surface area contributed by atoms with E-state index in [2.05, 4.69) is 6.07 Å². The smallest absolute Gasteiger partial charge is 0.205 e. The summed E-state index contributed by atoms with van der Waals surface area (Å²) in [5, 5.41) is 11.7. The first kappa shape index (κ1) is 19.4. The Kier molecular flexibility index (Phi) is 4.74. The molecule has 1 atom stereocenters. The van der Waals surface area contributed by atoms with Gasteiger partial charge in [0.25, 0.3) is 0 Å². The van der Waals surface area contributed by atoms with E-state index >= 15 is 8.78 Å². The lowest BCUT2D eigenvalue weighted by molar-refractivity contribution is 0.394. The van der Waals surface area contributed by atoms with E-state index in [1.807, 2.05) is 36.4 Å². The highest BCUT2D eigenvalue weighted by molar-refractivity contribution is 5.86. The van der Waals surface area contributed by atoms with Gasteiger partial charge in [0.05, 0.1) is 5.92 Å². The molecule has 2 aliphatic heterocycles. The average Bonchev–Trinajstić information content (AvgIpc) is 2.77. The van der Waals surface area contributed by atoms with Crippen LogP contribution in [0.15, 0.2) is 60.0 Å². The predicted octanol–water partition coefficient (Wildman–Crippen LogP) is 5.33. The SMILES string of the molecule is N#CC1=C(N)Oc2cc3ccccc3cc2C1c1cc(F)c(N2CCCCC2)c(F)c1. The Balaban J connectivity index is 1.67. The maximum Gasteiger partial charge on any atom is 0.205 e. The molecule has 5 rings (SSSR count). The predicted molar refractivity (Wildman–Crippen MR) is 116 cm³/mol. The first-order chi connectivity index (χ1) is 15.1. The summed E-state index contributed by atoms with van der Waals surface area (Å²) in [6, 6.07) is 16.2. The molecule has 0 aromatic heterocycles. The van der Waals surface area contributed by atoms with Crippen molar-refractivity contribution in [2.24, 2.45) is 5.73 Å². The molecule has 6 heteroatoms. The molecule has 156 valence electrons. The number of rotatable bonds is 2. The van der Waals surface area contributed by atoms with Gasteiger partial charge in [-0.3, -0.25) is 0 Å². The highest BCUT2D eigenvalue weighted by Gasteiger charge is 2.33. The third-order valence-corrected chi connectivity index (χ3v) is 6.13. The largest absolute Gasteiger partial charge is 0.440 e. The lowest BCUT2D eigenvalue weighted by atomic mass is 9.82. The Labute approximate surface area is 179 Å². The van der Waals surface area contributed by atoms with E-state index in [9.17, 15) is 5.26 Å². The molecule has 0 aliphatic carbocycles. The molecule has 1 fully saturated rings. The Morgan fingerprint density at radius 1 is 0.968 bits per heavy atom. The number of fused-ring (bicyclic) bond motifs is 2. The minimum Gasteiger partial charge on any atom is -0.440 e. The van der Waals surface area contributed by atoms with Gasteiger partial charge < -0.3 is 15.4 Å². The van der Waals surface area contributed by atoms with Crippen molar-refractivity contribution >= 4 is 16.5 Å². The summed E-state index contributed by atoms with van der Waals surface area (Å²) >= 11 is 0. The zero-order chi connectivity index (χ0) is 21.5. The van der Waals surface area contributed by atoms with Crippen LogP contribution in [-0.4, -0.2) is 13.1 Å². The molecule has 2 N–H and O–H groups in total. The van der Waals surface area contributed by atoms with Crippen molar-refractivity contribution < 1.29 is 13.5 Å². The Morgan fingerprint density at radius 2 is 1.61 bits per heavy atom. The molecule has 2 heterocycles. The number of nitrogens with two attached hydrogens (primary N) is 1. The van der Waals surface area contributed by atoms with E-state index in [0.29, 0.717) is 30.0 Å². The van der Waals surface area contributed by atoms with E-state index in [1.54, 1.807) is 4.90 Å². The minimum atomic E-state index is -0.710. The Bertz CT molecular complexity index is 1230. The third kappa shape index (κ3) is 3.27. The Morgan fingerprint density at radius 3 is 2.26 bits per heavy atom. The van der Waals surface area contributed by atoms with Gasteiger partial charge in [-0.2, -0.15) is 5.26 Å². The van der Waals surface area contributed by atoms with Crippen molar-refractivity contribution in [3.8, 4) is 11.8 Å². The van der Waals surface area contributed by atoms with E-state index < -0.39 is 17.6 Å². The summed E-state index contributed by atoms with van der Waals surface area (Å²) in [6.07, 6.45) is 2.90. The van der Waals surface area contributed by atoms with Gasteiger partial charge in [0, 0.05) is 18.7 Å². The fourth-order valence-corrected chi connectivity index (χ4v) is 4.66. The Hall–Kier alpha value is -3.59. The fourth-order valence-electron chi connectivity index (χ4n) is 4.66. The summed E-state index contributed by atoms with van der Waals surface area (Å²) in [4.78, 5) is 1.76. The maximum atomic E-state index is 15.2. The van der Waals surface area contributed by atoms with Crippen LogP contribution in [0.2, 0.25) is 0 Å². The van der Waals surface area contributed by atoms with Crippen LogP contribution in [-0.2, 0) is 0 Å². The van der Waals surface area contributed by atoms with Crippen LogP contribution < -0.4 is 15.4 Å². The number of anilines is 1. The lowest BCUT2D eigenvalue weighted by Gasteiger charge is -2.31. The average molecular weight is 417 g/mol. The normalized spacial score (nSPS) is 18.5. The number of hydrogen-bond acceptors (Lipinski definition) is 4. The van der Waals surface area contributed by atoms with Crippen molar-refractivity contribution in [1.82, 2.24) is 0 Å². The molecule has 0 bridgehead atoms. The quantitative estimate of drug-likeness (QED) is 0.613. The molecular weight excluding hydrogens is 396 g/mol. The molecule has 1 unspecified atom stereocenters. The van der Waals surface area contributed by atoms with Crippen molar-refractivity contribution in [1.29, 1.82) is 5.26 Å². The first-order valence-electron chi connectivity index (χ1n) is 10.4. The van der Waals surface area contributed by atoms with E-state index in [0.717, 1.165) is 30.0 Å². The number of halogens is 2. The number of ether oxygens (including phenoxy) is 1. The monoisotopic (exact) mass is 417 g/mol. The molecular formula is C25H21F2N3O. The number of piperidine rings is 1. The van der Waals surface area contributed by atoms with Gasteiger partial charge in [-0.05, 0) is 59.9 Å². The van der Waals surface area contributed by atoms with Gasteiger partial charge in [-0.25, -0.2) is 8.78 Å². The van der Waals surface area contributed by atoms with Gasteiger partial charge in [0.1, 0.15) is 34.7 Å². The summed E-state index contributed by atoms with van der Waals surface area (Å²) in [5.74, 6) is -1.52. The minimum absolute atomic E-state index is 0.00436. The number of allylic oxidation sites excluding steroid dienone is 1. The topological polar surface area (TPSA) is 62.3 Å². The molecule has 0 amide bonds. The second-order valence-electron chi connectivity index (χ2n) is 8.04. The van der Waals surface area contributed by atoms with E-state index in [-0.39, 0.29) is 17.1 Å². The van der Waals surface area contributed by atoms with E-state index in [1.165, 1.54) is 12.1 Å². The number of nitriles is 1. The van der Waals surface area contributed by atoms with Crippen LogP contribution >= 0.6 is 0 Å². The third-order valence-electron chi connectivity index (χ3n) is 6.13. The van der Waals surface area contributed by atoms with Gasteiger partial charge in [-0.1, -0.05) is 24.3 Å². The molecule has 0 saturated carbocycles. The number of benzene rings is 3. The summed E-state index contributed by atoms with van der Waals surface area (Å²) in [6.45, 7) is 1.27. The molecule has 1 saturated heterocycles. The van der Waals surface area contributed by atoms with Crippen molar-refractivity contribution in [3.05, 3.63) is 82.7 Å². The first-order valence-corrected chi connectivity index (χ1v) is 10.4. The van der Waals surface area contributed by atoms with Crippen LogP contribution in [0.3, 0.4) is 0 Å². The molecule has 4 nitrogen and oxygen atoms in total. The van der Waals surface area contributed by atoms with Crippen LogP contribution in [0, 0.1) is 23.0 Å². The van der Waals surface area contributed by atoms with Crippen molar-refractivity contribution in [2.45, 2.75) is 25.2 Å². The molecule has 3 aromatic rings. The van der Waals surface area contributed by atoms with Gasteiger partial charge in [0.15, 0.2) is 0 Å². The molecule has 0 spiro atoms. The number of hydrogen-bond donors (Lipinski definition) is 1. The summed E-state index contributed by atoms with van der Waals surface area (Å²) in [5.41, 5.74) is 7.19. The van der Waals surface area contributed by atoms with Crippen molar-refractivity contribution in [3.63, 3.8) is 0 Å². The summed E-state index contributed by atoms with van der Waals surface area (Å²) in [7, 11) is 0. The molecule has 3 aromatic carbocycles. The maximum absolute atomic E-state index is 15.2. The van der Waals surface area contributed by atoms with Crippen LogP contribution in [0.25, 0.3) is 10.8 Å². The number of nitrogens with zero attached hydrogens (tertiary/aromatic N) is 2. The molecule has 0 radical (unpaired) electrons. The van der Waals surface area contributed by atoms with Gasteiger partial charge in [-0.15, -0.1) is 0 Å². The molecule has 31 heavy (non-hydrogen) atoms. The van der Waals surface area contributed by atoms with Gasteiger partial charge in [0.2, 0.25) is 5.88 Å². The van der Waals surface area contributed by atoms with Crippen LogP contribution in [0.4, 0.5) is 14.5 Å². The second-order valence-corrected chi connectivity index (χ2v) is 8.04.